The Morgan fingerprint density at radius 1 is 0.756 bits per heavy atom. The van der Waals surface area contributed by atoms with Crippen molar-refractivity contribution in [1.29, 1.82) is 0 Å². The van der Waals surface area contributed by atoms with Gasteiger partial charge < -0.3 is 20.1 Å². The van der Waals surface area contributed by atoms with E-state index >= 15 is 0 Å². The van der Waals surface area contributed by atoms with Gasteiger partial charge in [0.25, 0.3) is 0 Å². The summed E-state index contributed by atoms with van der Waals surface area (Å²) >= 11 is 0. The van der Waals surface area contributed by atoms with E-state index in [0.717, 1.165) is 19.3 Å². The maximum atomic E-state index is 11.8. The van der Waals surface area contributed by atoms with Crippen LogP contribution >= 0.6 is 7.82 Å². The topological polar surface area (TPSA) is 131 Å². The van der Waals surface area contributed by atoms with Gasteiger partial charge in [-0.05, 0) is 32.1 Å². The first kappa shape index (κ1) is 39.8. The summed E-state index contributed by atoms with van der Waals surface area (Å²) in [5.74, 6) is -0.695. The highest BCUT2D eigenvalue weighted by Crippen LogP contribution is 2.42. The Labute approximate surface area is 249 Å². The lowest BCUT2D eigenvalue weighted by Gasteiger charge is -2.15. The first-order valence-corrected chi connectivity index (χ1v) is 17.6. The number of rotatable bonds is 30. The Balaban J connectivity index is 3.44. The zero-order valence-electron chi connectivity index (χ0n) is 26.0. The van der Waals surface area contributed by atoms with Gasteiger partial charge in [-0.1, -0.05) is 109 Å². The molecule has 41 heavy (non-hydrogen) atoms. The van der Waals surface area contributed by atoms with Crippen molar-refractivity contribution in [2.45, 2.75) is 148 Å². The lowest BCUT2D eigenvalue weighted by atomic mass is 10.0. The molecule has 0 aliphatic heterocycles. The van der Waals surface area contributed by atoms with Crippen LogP contribution in [-0.2, 0) is 27.9 Å². The molecule has 0 radical (unpaired) electrons. The Hall–Kier alpha value is -1.25. The fourth-order valence-corrected chi connectivity index (χ4v) is 5.07. The van der Waals surface area contributed by atoms with Crippen LogP contribution in [0, 0.1) is 0 Å². The fraction of sp³-hybridized carbons (Fsp3) is 0.871. The van der Waals surface area contributed by atoms with Gasteiger partial charge in [0, 0.05) is 19.9 Å². The lowest BCUT2D eigenvalue weighted by Crippen LogP contribution is -2.25. The predicted octanol–water partition coefficient (Wildman–Crippen LogP) is 7.54. The number of aliphatic hydroxyl groups is 1. The van der Waals surface area contributed by atoms with E-state index in [9.17, 15) is 24.2 Å². The minimum absolute atomic E-state index is 0.0568. The lowest BCUT2D eigenvalue weighted by molar-refractivity contribution is -0.147. The van der Waals surface area contributed by atoms with Crippen molar-refractivity contribution >= 4 is 19.7 Å². The number of aliphatic hydroxyl groups excluding tert-OH is 1. The molecular formula is C31H60NO8P. The Kier molecular flexibility index (Phi) is 28.0. The standard InChI is InChI=1S/C31H60NO8P/c1-3-4-5-6-7-8-9-10-11-12-13-14-15-16-17-18-19-20-21-22-23-24-31(35)38-27-30(34)28-40-41(36,37)39-26-25-32-29(2)33/h10-11,30,34H,3-9,12-28H2,1-2H3,(H,32,33)(H,36,37)/b11-10+. The SMILES string of the molecule is CCCCCCCC/C=C/CCCCCCCCCCCCCC(=O)OCC(O)COP(=O)(O)OCCNC(C)=O. The Morgan fingerprint density at radius 3 is 1.76 bits per heavy atom. The van der Waals surface area contributed by atoms with Crippen molar-refractivity contribution in [1.82, 2.24) is 5.32 Å². The van der Waals surface area contributed by atoms with Gasteiger partial charge in [-0.3, -0.25) is 18.6 Å². The van der Waals surface area contributed by atoms with E-state index < -0.39 is 26.5 Å². The van der Waals surface area contributed by atoms with Crippen LogP contribution in [0.15, 0.2) is 12.2 Å². The second-order valence-corrected chi connectivity index (χ2v) is 12.3. The molecule has 1 amide bonds. The fourth-order valence-electron chi connectivity index (χ4n) is 4.32. The number of allylic oxidation sites excluding steroid dienone is 2. The number of amides is 1. The van der Waals surface area contributed by atoms with Gasteiger partial charge in [-0.2, -0.15) is 0 Å². The van der Waals surface area contributed by atoms with Crippen LogP contribution < -0.4 is 5.32 Å². The quantitative estimate of drug-likeness (QED) is 0.0331. The number of hydrogen-bond acceptors (Lipinski definition) is 7. The molecule has 0 heterocycles. The number of nitrogens with one attached hydrogen (secondary N) is 1. The van der Waals surface area contributed by atoms with Crippen molar-refractivity contribution in [2.24, 2.45) is 0 Å². The van der Waals surface area contributed by atoms with E-state index in [0.29, 0.717) is 0 Å². The number of hydrogen-bond donors (Lipinski definition) is 3. The molecule has 0 fully saturated rings. The molecule has 0 aromatic rings. The molecule has 0 aliphatic carbocycles. The van der Waals surface area contributed by atoms with Crippen molar-refractivity contribution in [3.8, 4) is 0 Å². The number of esters is 1. The molecule has 2 unspecified atom stereocenters. The summed E-state index contributed by atoms with van der Waals surface area (Å²) in [4.78, 5) is 32.1. The first-order valence-electron chi connectivity index (χ1n) is 16.1. The van der Waals surface area contributed by atoms with E-state index in [1.807, 2.05) is 0 Å². The molecule has 0 aliphatic rings. The molecule has 0 rings (SSSR count). The molecule has 0 bridgehead atoms. The molecule has 2 atom stereocenters. The largest absolute Gasteiger partial charge is 0.472 e. The molecule has 10 heteroatoms. The summed E-state index contributed by atoms with van der Waals surface area (Å²) in [6, 6.07) is 0. The van der Waals surface area contributed by atoms with E-state index in [4.69, 9.17) is 4.74 Å². The molecule has 0 saturated carbocycles. The molecule has 0 aromatic carbocycles. The highest BCUT2D eigenvalue weighted by Gasteiger charge is 2.23. The van der Waals surface area contributed by atoms with Gasteiger partial charge >= 0.3 is 13.8 Å². The van der Waals surface area contributed by atoms with Gasteiger partial charge in [-0.15, -0.1) is 0 Å². The van der Waals surface area contributed by atoms with E-state index in [-0.39, 0.29) is 32.1 Å². The molecule has 3 N–H and O–H groups in total. The molecule has 0 aromatic heterocycles. The minimum Gasteiger partial charge on any atom is -0.463 e. The number of carbonyl (C=O) groups is 2. The van der Waals surface area contributed by atoms with Crippen LogP contribution in [0.2, 0.25) is 0 Å². The van der Waals surface area contributed by atoms with Crippen LogP contribution in [-0.4, -0.2) is 54.3 Å². The van der Waals surface area contributed by atoms with Gasteiger partial charge in [0.15, 0.2) is 0 Å². The third-order valence-electron chi connectivity index (χ3n) is 6.74. The average molecular weight is 606 g/mol. The minimum atomic E-state index is -4.36. The first-order chi connectivity index (χ1) is 19.8. The van der Waals surface area contributed by atoms with Gasteiger partial charge in [0.2, 0.25) is 5.91 Å². The molecule has 9 nitrogen and oxygen atoms in total. The van der Waals surface area contributed by atoms with Crippen LogP contribution in [0.1, 0.15) is 142 Å². The van der Waals surface area contributed by atoms with Crippen LogP contribution in [0.5, 0.6) is 0 Å². The summed E-state index contributed by atoms with van der Waals surface area (Å²) in [5, 5.41) is 12.2. The third kappa shape index (κ3) is 31.5. The van der Waals surface area contributed by atoms with Crippen molar-refractivity contribution < 1.29 is 37.9 Å². The van der Waals surface area contributed by atoms with Crippen LogP contribution in [0.3, 0.4) is 0 Å². The summed E-state index contributed by atoms with van der Waals surface area (Å²) in [6.45, 7) is 2.59. The normalized spacial score (nSPS) is 13.8. The second kappa shape index (κ2) is 28.9. The van der Waals surface area contributed by atoms with Crippen molar-refractivity contribution in [3.05, 3.63) is 12.2 Å². The number of phosphoric acid groups is 1. The Morgan fingerprint density at radius 2 is 1.24 bits per heavy atom. The Bertz CT molecular complexity index is 704. The molecule has 0 saturated heterocycles. The number of carbonyl (C=O) groups excluding carboxylic acids is 2. The zero-order chi connectivity index (χ0) is 30.4. The summed E-state index contributed by atoms with van der Waals surface area (Å²) in [6.07, 6.45) is 27.6. The van der Waals surface area contributed by atoms with Crippen molar-refractivity contribution in [2.75, 3.05) is 26.4 Å². The van der Waals surface area contributed by atoms with Crippen LogP contribution in [0.25, 0.3) is 0 Å². The highest BCUT2D eigenvalue weighted by atomic mass is 31.2. The summed E-state index contributed by atoms with van der Waals surface area (Å²) in [5.41, 5.74) is 0. The number of phosphoric ester groups is 1. The highest BCUT2D eigenvalue weighted by molar-refractivity contribution is 7.47. The monoisotopic (exact) mass is 605 g/mol. The molecule has 242 valence electrons. The van der Waals surface area contributed by atoms with Gasteiger partial charge in [0.1, 0.15) is 12.7 Å². The van der Waals surface area contributed by atoms with Crippen LogP contribution in [0.4, 0.5) is 0 Å². The van der Waals surface area contributed by atoms with Gasteiger partial charge in [-0.25, -0.2) is 4.57 Å². The third-order valence-corrected chi connectivity index (χ3v) is 7.72. The van der Waals surface area contributed by atoms with E-state index in [1.165, 1.54) is 110 Å². The zero-order valence-corrected chi connectivity index (χ0v) is 26.9. The second-order valence-electron chi connectivity index (χ2n) is 10.9. The molecule has 0 spiro atoms. The average Bonchev–Trinajstić information content (AvgIpc) is 2.94. The van der Waals surface area contributed by atoms with Gasteiger partial charge in [0.05, 0.1) is 13.2 Å². The number of ether oxygens (including phenoxy) is 1. The maximum Gasteiger partial charge on any atom is 0.472 e. The van der Waals surface area contributed by atoms with E-state index in [1.54, 1.807) is 0 Å². The molecular weight excluding hydrogens is 545 g/mol. The summed E-state index contributed by atoms with van der Waals surface area (Å²) in [7, 11) is -4.36. The predicted molar refractivity (Wildman–Crippen MR) is 165 cm³/mol. The van der Waals surface area contributed by atoms with E-state index in [2.05, 4.69) is 33.4 Å². The van der Waals surface area contributed by atoms with Crippen molar-refractivity contribution in [3.63, 3.8) is 0 Å². The smallest absolute Gasteiger partial charge is 0.463 e. The number of unbranched alkanes of at least 4 members (excludes halogenated alkanes) is 17. The summed E-state index contributed by atoms with van der Waals surface area (Å²) < 4.78 is 26.0. The maximum absolute atomic E-state index is 11.8.